The fraction of sp³-hybridized carbons (Fsp3) is 0.922. The van der Waals surface area contributed by atoms with E-state index in [0.717, 1.165) is 32.1 Å². The number of carbonyl (C=O) groups excluding carboxylic acids is 2. The first kappa shape index (κ1) is 59.8. The molecule has 0 aliphatic rings. The Kier molecular flexibility index (Phi) is 47.2. The Morgan fingerprint density at radius 3 is 1.16 bits per heavy atom. The summed E-state index contributed by atoms with van der Waals surface area (Å²) in [6.45, 7) is 3.79. The van der Waals surface area contributed by atoms with Crippen LogP contribution in [0.3, 0.4) is 0 Å². The smallest absolute Gasteiger partial charge is 0.462 e. The highest BCUT2D eigenvalue weighted by molar-refractivity contribution is 7.47. The average Bonchev–Trinajstić information content (AvgIpc) is 3.25. The summed E-state index contributed by atoms with van der Waals surface area (Å²) in [5.41, 5.74) is 5.37. The van der Waals surface area contributed by atoms with E-state index in [1.165, 1.54) is 205 Å². The number of unbranched alkanes of at least 4 members (excludes halogenated alkanes) is 35. The Hall–Kier alpha value is -1.25. The summed E-state index contributed by atoms with van der Waals surface area (Å²) < 4.78 is 33.0. The molecule has 0 saturated carbocycles. The van der Waals surface area contributed by atoms with Crippen LogP contribution in [0, 0.1) is 0 Å². The maximum absolute atomic E-state index is 12.7. The van der Waals surface area contributed by atoms with Crippen molar-refractivity contribution in [3.63, 3.8) is 0 Å². The molecule has 0 rings (SSSR count). The largest absolute Gasteiger partial charge is 0.472 e. The number of ether oxygens (including phenoxy) is 2. The number of hydrogen-bond acceptors (Lipinski definition) is 8. The van der Waals surface area contributed by atoms with Gasteiger partial charge >= 0.3 is 19.8 Å². The molecule has 0 aromatic carbocycles. The Labute approximate surface area is 377 Å². The van der Waals surface area contributed by atoms with Crippen LogP contribution < -0.4 is 5.73 Å². The van der Waals surface area contributed by atoms with Crippen LogP contribution in [0.1, 0.15) is 271 Å². The molecule has 3 N–H and O–H groups in total. The molecule has 0 spiro atoms. The van der Waals surface area contributed by atoms with Crippen molar-refractivity contribution in [2.75, 3.05) is 26.4 Å². The minimum Gasteiger partial charge on any atom is -0.462 e. The fourth-order valence-corrected chi connectivity index (χ4v) is 8.52. The zero-order valence-corrected chi connectivity index (χ0v) is 41.1. The van der Waals surface area contributed by atoms with E-state index in [1.807, 2.05) is 0 Å². The van der Waals surface area contributed by atoms with Crippen molar-refractivity contribution in [3.8, 4) is 0 Å². The number of phosphoric acid groups is 1. The quantitative estimate of drug-likeness (QED) is 0.0265. The van der Waals surface area contributed by atoms with Crippen molar-refractivity contribution in [2.45, 2.75) is 277 Å². The van der Waals surface area contributed by atoms with Crippen LogP contribution in [0.5, 0.6) is 0 Å². The third-order valence-electron chi connectivity index (χ3n) is 11.7. The molecule has 0 radical (unpaired) electrons. The summed E-state index contributed by atoms with van der Waals surface area (Å²) in [7, 11) is -4.38. The minimum absolute atomic E-state index is 0.0566. The molecule has 10 heteroatoms. The predicted molar refractivity (Wildman–Crippen MR) is 257 cm³/mol. The van der Waals surface area contributed by atoms with E-state index in [9.17, 15) is 19.0 Å². The molecule has 0 aliphatic carbocycles. The van der Waals surface area contributed by atoms with Gasteiger partial charge in [0.15, 0.2) is 6.10 Å². The van der Waals surface area contributed by atoms with Crippen LogP contribution >= 0.6 is 7.82 Å². The monoisotopic (exact) mass is 886 g/mol. The number of hydrogen-bond donors (Lipinski definition) is 2. The zero-order chi connectivity index (χ0) is 44.6. The fourth-order valence-electron chi connectivity index (χ4n) is 7.75. The van der Waals surface area contributed by atoms with Crippen LogP contribution in [0.15, 0.2) is 12.2 Å². The lowest BCUT2D eigenvalue weighted by Crippen LogP contribution is -2.29. The van der Waals surface area contributed by atoms with Gasteiger partial charge in [0.05, 0.1) is 13.2 Å². The topological polar surface area (TPSA) is 134 Å². The van der Waals surface area contributed by atoms with E-state index in [-0.39, 0.29) is 38.6 Å². The summed E-state index contributed by atoms with van der Waals surface area (Å²) >= 11 is 0. The van der Waals surface area contributed by atoms with Crippen LogP contribution in [0.2, 0.25) is 0 Å². The van der Waals surface area contributed by atoms with Gasteiger partial charge in [-0.2, -0.15) is 0 Å². The van der Waals surface area contributed by atoms with Crippen molar-refractivity contribution in [1.82, 2.24) is 0 Å². The van der Waals surface area contributed by atoms with Gasteiger partial charge in [0.25, 0.3) is 0 Å². The number of phosphoric ester groups is 1. The Morgan fingerprint density at radius 1 is 0.475 bits per heavy atom. The number of allylic oxidation sites excluding steroid dienone is 2. The average molecular weight is 886 g/mol. The van der Waals surface area contributed by atoms with Gasteiger partial charge in [-0.05, 0) is 38.5 Å². The maximum Gasteiger partial charge on any atom is 0.472 e. The number of nitrogens with two attached hydrogens (primary N) is 1. The van der Waals surface area contributed by atoms with E-state index >= 15 is 0 Å². The SMILES string of the molecule is CCCCCCCC/C=C/CCCCCCCCCCCCCC(=O)O[C@H](COC(=O)CCCCCCCCCCCCCCCCCCCCC)COP(=O)(O)OCCN. The molecule has 0 bridgehead atoms. The van der Waals surface area contributed by atoms with Crippen molar-refractivity contribution in [3.05, 3.63) is 12.2 Å². The van der Waals surface area contributed by atoms with Gasteiger partial charge < -0.3 is 20.1 Å². The molecule has 0 saturated heterocycles. The van der Waals surface area contributed by atoms with E-state index < -0.39 is 26.5 Å². The summed E-state index contributed by atoms with van der Waals surface area (Å²) in [5, 5.41) is 0. The zero-order valence-electron chi connectivity index (χ0n) is 40.2. The molecule has 0 aromatic heterocycles. The molecule has 2 atom stereocenters. The van der Waals surface area contributed by atoms with Gasteiger partial charge in [-0.15, -0.1) is 0 Å². The lowest BCUT2D eigenvalue weighted by Gasteiger charge is -2.19. The third kappa shape index (κ3) is 48.1. The van der Waals surface area contributed by atoms with Gasteiger partial charge in [-0.3, -0.25) is 18.6 Å². The van der Waals surface area contributed by atoms with Crippen molar-refractivity contribution in [1.29, 1.82) is 0 Å². The van der Waals surface area contributed by atoms with Crippen LogP contribution in [0.4, 0.5) is 0 Å². The van der Waals surface area contributed by atoms with Gasteiger partial charge in [0.1, 0.15) is 6.61 Å². The maximum atomic E-state index is 12.7. The molecule has 0 fully saturated rings. The molecule has 362 valence electrons. The van der Waals surface area contributed by atoms with E-state index in [0.29, 0.717) is 6.42 Å². The standard InChI is InChI=1S/C51H100NO8P/c1-3-5-7-9-11-13-15-17-19-21-23-24-26-28-30-32-34-36-38-40-42-44-51(54)60-49(48-59-61(55,56)58-46-45-52)47-57-50(53)43-41-39-37-35-33-31-29-27-25-22-20-18-16-14-12-10-8-6-4-2/h17,19,49H,3-16,18,20-48,52H2,1-2H3,(H,55,56)/b19-17+/t49-/m1/s1. The first-order valence-corrected chi connectivity index (χ1v) is 27.7. The van der Waals surface area contributed by atoms with Crippen LogP contribution in [0.25, 0.3) is 0 Å². The van der Waals surface area contributed by atoms with Crippen molar-refractivity contribution >= 4 is 19.8 Å². The Bertz CT molecular complexity index is 1010. The van der Waals surface area contributed by atoms with Gasteiger partial charge in [-0.1, -0.05) is 231 Å². The second-order valence-electron chi connectivity index (χ2n) is 17.8. The third-order valence-corrected chi connectivity index (χ3v) is 12.6. The highest BCUT2D eigenvalue weighted by Crippen LogP contribution is 2.43. The summed E-state index contributed by atoms with van der Waals surface area (Å²) in [4.78, 5) is 35.1. The first-order valence-electron chi connectivity index (χ1n) is 26.2. The van der Waals surface area contributed by atoms with Crippen LogP contribution in [-0.4, -0.2) is 49.3 Å². The summed E-state index contributed by atoms with van der Waals surface area (Å²) in [5.74, 6) is -0.811. The van der Waals surface area contributed by atoms with Gasteiger partial charge in [-0.25, -0.2) is 4.57 Å². The van der Waals surface area contributed by atoms with E-state index in [1.54, 1.807) is 0 Å². The second kappa shape index (κ2) is 48.2. The molecule has 0 aliphatic heterocycles. The molecule has 61 heavy (non-hydrogen) atoms. The summed E-state index contributed by atoms with van der Waals surface area (Å²) in [6.07, 6.45) is 52.5. The van der Waals surface area contributed by atoms with E-state index in [4.69, 9.17) is 24.3 Å². The number of esters is 2. The van der Waals surface area contributed by atoms with Gasteiger partial charge in [0, 0.05) is 19.4 Å². The number of rotatable bonds is 50. The van der Waals surface area contributed by atoms with E-state index in [2.05, 4.69) is 26.0 Å². The van der Waals surface area contributed by atoms with Crippen molar-refractivity contribution in [2.24, 2.45) is 5.73 Å². The highest BCUT2D eigenvalue weighted by Gasteiger charge is 2.26. The normalized spacial score (nSPS) is 13.2. The lowest BCUT2D eigenvalue weighted by atomic mass is 10.0. The highest BCUT2D eigenvalue weighted by atomic mass is 31.2. The Balaban J connectivity index is 4.00. The second-order valence-corrected chi connectivity index (χ2v) is 19.2. The predicted octanol–water partition coefficient (Wildman–Crippen LogP) is 15.7. The summed E-state index contributed by atoms with van der Waals surface area (Å²) in [6, 6.07) is 0. The Morgan fingerprint density at radius 2 is 0.803 bits per heavy atom. The molecular formula is C51H100NO8P. The van der Waals surface area contributed by atoms with Crippen molar-refractivity contribution < 1.29 is 37.6 Å². The number of carbonyl (C=O) groups is 2. The molecular weight excluding hydrogens is 786 g/mol. The lowest BCUT2D eigenvalue weighted by molar-refractivity contribution is -0.161. The molecule has 9 nitrogen and oxygen atoms in total. The van der Waals surface area contributed by atoms with Crippen LogP contribution in [-0.2, 0) is 32.7 Å². The molecule has 0 amide bonds. The molecule has 0 aromatic rings. The minimum atomic E-state index is -4.38. The molecule has 0 heterocycles. The molecule has 1 unspecified atom stereocenters. The van der Waals surface area contributed by atoms with Gasteiger partial charge in [0.2, 0.25) is 0 Å². The first-order chi connectivity index (χ1) is 29.8.